The molecule has 0 unspecified atom stereocenters. The van der Waals surface area contributed by atoms with Crippen LogP contribution in [-0.4, -0.2) is 11.1 Å². The van der Waals surface area contributed by atoms with Crippen molar-refractivity contribution in [1.29, 1.82) is 0 Å². The van der Waals surface area contributed by atoms with Crippen molar-refractivity contribution in [1.82, 2.24) is 5.16 Å². The van der Waals surface area contributed by atoms with E-state index in [0.717, 1.165) is 36.3 Å². The molecule has 21 heavy (non-hydrogen) atoms. The Labute approximate surface area is 125 Å². The van der Waals surface area contributed by atoms with Gasteiger partial charge in [0, 0.05) is 12.0 Å². The molecule has 4 heteroatoms. The summed E-state index contributed by atoms with van der Waals surface area (Å²) < 4.78 is 10.6. The van der Waals surface area contributed by atoms with Crippen LogP contribution in [0.4, 0.5) is 0 Å². The number of hydrogen-bond donors (Lipinski definition) is 0. The maximum atomic E-state index is 12.1. The van der Waals surface area contributed by atoms with Crippen LogP contribution in [-0.2, 0) is 30.5 Å². The van der Waals surface area contributed by atoms with E-state index in [1.165, 1.54) is 5.56 Å². The third-order valence-corrected chi connectivity index (χ3v) is 3.49. The molecule has 0 aliphatic carbocycles. The Morgan fingerprint density at radius 2 is 1.81 bits per heavy atom. The van der Waals surface area contributed by atoms with Crippen LogP contribution in [0, 0.1) is 0 Å². The highest BCUT2D eigenvalue weighted by atomic mass is 16.5. The Morgan fingerprint density at radius 1 is 1.10 bits per heavy atom. The summed E-state index contributed by atoms with van der Waals surface area (Å²) in [5.41, 5.74) is 2.93. The Hall–Kier alpha value is -2.10. The molecule has 1 aromatic carbocycles. The SMILES string of the molecule is CCc1ccc(OC(=O)Cc2c(CC)noc2CC)cc1. The van der Waals surface area contributed by atoms with Gasteiger partial charge in [0.05, 0.1) is 12.1 Å². The Morgan fingerprint density at radius 3 is 2.38 bits per heavy atom. The van der Waals surface area contributed by atoms with Gasteiger partial charge in [-0.3, -0.25) is 4.79 Å². The second-order valence-corrected chi connectivity index (χ2v) is 4.89. The fourth-order valence-corrected chi connectivity index (χ4v) is 2.24. The topological polar surface area (TPSA) is 52.3 Å². The van der Waals surface area contributed by atoms with E-state index in [1.807, 2.05) is 38.1 Å². The maximum absolute atomic E-state index is 12.1. The molecule has 1 heterocycles. The molecule has 0 radical (unpaired) electrons. The first kappa shape index (κ1) is 15.3. The van der Waals surface area contributed by atoms with Gasteiger partial charge in [0.25, 0.3) is 0 Å². The summed E-state index contributed by atoms with van der Waals surface area (Å²) >= 11 is 0. The zero-order valence-corrected chi connectivity index (χ0v) is 12.8. The van der Waals surface area contributed by atoms with E-state index >= 15 is 0 Å². The van der Waals surface area contributed by atoms with Gasteiger partial charge in [-0.2, -0.15) is 0 Å². The molecule has 0 atom stereocenters. The van der Waals surface area contributed by atoms with Gasteiger partial charge in [-0.15, -0.1) is 0 Å². The van der Waals surface area contributed by atoms with Gasteiger partial charge in [0.2, 0.25) is 0 Å². The van der Waals surface area contributed by atoms with Gasteiger partial charge in [0.1, 0.15) is 11.5 Å². The van der Waals surface area contributed by atoms with Crippen molar-refractivity contribution in [3.8, 4) is 5.75 Å². The monoisotopic (exact) mass is 287 g/mol. The second kappa shape index (κ2) is 7.07. The summed E-state index contributed by atoms with van der Waals surface area (Å²) in [6, 6.07) is 7.59. The molecule has 0 N–H and O–H groups in total. The third kappa shape index (κ3) is 3.72. The van der Waals surface area contributed by atoms with Crippen LogP contribution in [0.25, 0.3) is 0 Å². The summed E-state index contributed by atoms with van der Waals surface area (Å²) in [6.07, 6.45) is 2.64. The molecule has 0 amide bonds. The van der Waals surface area contributed by atoms with E-state index in [4.69, 9.17) is 9.26 Å². The lowest BCUT2D eigenvalue weighted by Gasteiger charge is -2.05. The van der Waals surface area contributed by atoms with Crippen molar-refractivity contribution in [3.05, 3.63) is 46.8 Å². The summed E-state index contributed by atoms with van der Waals surface area (Å²) in [7, 11) is 0. The van der Waals surface area contributed by atoms with Crippen LogP contribution in [0.5, 0.6) is 5.75 Å². The van der Waals surface area contributed by atoms with Crippen LogP contribution >= 0.6 is 0 Å². The Kier molecular flexibility index (Phi) is 5.14. The predicted molar refractivity (Wildman–Crippen MR) is 80.4 cm³/mol. The van der Waals surface area contributed by atoms with Gasteiger partial charge < -0.3 is 9.26 Å². The Bertz CT molecular complexity index is 577. The van der Waals surface area contributed by atoms with Gasteiger partial charge in [-0.1, -0.05) is 38.1 Å². The van der Waals surface area contributed by atoms with Gasteiger partial charge in [-0.05, 0) is 30.5 Å². The smallest absolute Gasteiger partial charge is 0.315 e. The second-order valence-electron chi connectivity index (χ2n) is 4.89. The molecular formula is C17H21NO3. The Balaban J connectivity index is 2.05. The lowest BCUT2D eigenvalue weighted by Crippen LogP contribution is -2.13. The number of hydrogen-bond acceptors (Lipinski definition) is 4. The molecule has 0 bridgehead atoms. The van der Waals surface area contributed by atoms with E-state index in [1.54, 1.807) is 0 Å². The van der Waals surface area contributed by atoms with Crippen LogP contribution in [0.1, 0.15) is 43.4 Å². The minimum atomic E-state index is -0.285. The zero-order valence-electron chi connectivity index (χ0n) is 12.8. The number of aromatic nitrogens is 1. The molecule has 4 nitrogen and oxygen atoms in total. The van der Waals surface area contributed by atoms with Crippen LogP contribution in [0.15, 0.2) is 28.8 Å². The van der Waals surface area contributed by atoms with Crippen molar-refractivity contribution in [2.24, 2.45) is 0 Å². The number of aryl methyl sites for hydroxylation is 3. The van der Waals surface area contributed by atoms with Crippen molar-refractivity contribution >= 4 is 5.97 Å². The number of ether oxygens (including phenoxy) is 1. The van der Waals surface area contributed by atoms with Crippen LogP contribution in [0.2, 0.25) is 0 Å². The van der Waals surface area contributed by atoms with Crippen molar-refractivity contribution in [3.63, 3.8) is 0 Å². The summed E-state index contributed by atoms with van der Waals surface area (Å²) in [4.78, 5) is 12.1. The fraction of sp³-hybridized carbons (Fsp3) is 0.412. The predicted octanol–water partition coefficient (Wildman–Crippen LogP) is 3.51. The largest absolute Gasteiger partial charge is 0.426 e. The molecule has 0 aliphatic rings. The number of benzene rings is 1. The van der Waals surface area contributed by atoms with Crippen molar-refractivity contribution in [2.75, 3.05) is 0 Å². The number of carbonyl (C=O) groups excluding carboxylic acids is 1. The molecule has 112 valence electrons. The molecule has 0 saturated carbocycles. The molecule has 1 aromatic heterocycles. The van der Waals surface area contributed by atoms with Gasteiger partial charge in [0.15, 0.2) is 0 Å². The standard InChI is InChI=1S/C17H21NO3/c1-4-12-7-9-13(10-8-12)20-17(19)11-14-15(5-2)18-21-16(14)6-3/h7-10H,4-6,11H2,1-3H3. The zero-order chi connectivity index (χ0) is 15.2. The molecule has 0 saturated heterocycles. The number of rotatable bonds is 6. The lowest BCUT2D eigenvalue weighted by molar-refractivity contribution is -0.133. The number of carbonyl (C=O) groups is 1. The third-order valence-electron chi connectivity index (χ3n) is 3.49. The van der Waals surface area contributed by atoms with E-state index < -0.39 is 0 Å². The first-order chi connectivity index (χ1) is 10.2. The number of nitrogens with zero attached hydrogens (tertiary/aromatic N) is 1. The minimum absolute atomic E-state index is 0.200. The summed E-state index contributed by atoms with van der Waals surface area (Å²) in [5, 5.41) is 4.01. The van der Waals surface area contributed by atoms with Crippen molar-refractivity contribution < 1.29 is 14.1 Å². The van der Waals surface area contributed by atoms with E-state index in [0.29, 0.717) is 5.75 Å². The van der Waals surface area contributed by atoms with Crippen molar-refractivity contribution in [2.45, 2.75) is 46.5 Å². The van der Waals surface area contributed by atoms with E-state index in [2.05, 4.69) is 12.1 Å². The fourth-order valence-electron chi connectivity index (χ4n) is 2.24. The lowest BCUT2D eigenvalue weighted by atomic mass is 10.1. The summed E-state index contributed by atoms with van der Waals surface area (Å²) in [6.45, 7) is 6.07. The molecule has 0 aliphatic heterocycles. The maximum Gasteiger partial charge on any atom is 0.315 e. The molecular weight excluding hydrogens is 266 g/mol. The molecule has 0 spiro atoms. The highest BCUT2D eigenvalue weighted by Crippen LogP contribution is 2.18. The molecule has 0 fully saturated rings. The first-order valence-corrected chi connectivity index (χ1v) is 7.43. The highest BCUT2D eigenvalue weighted by Gasteiger charge is 2.18. The molecule has 2 rings (SSSR count). The highest BCUT2D eigenvalue weighted by molar-refractivity contribution is 5.75. The number of esters is 1. The van der Waals surface area contributed by atoms with Gasteiger partial charge >= 0.3 is 5.97 Å². The normalized spacial score (nSPS) is 10.6. The van der Waals surface area contributed by atoms with E-state index in [9.17, 15) is 4.79 Å². The quantitative estimate of drug-likeness (QED) is 0.602. The minimum Gasteiger partial charge on any atom is -0.426 e. The molecule has 2 aromatic rings. The summed E-state index contributed by atoms with van der Waals surface area (Å²) in [5.74, 6) is 1.06. The van der Waals surface area contributed by atoms with E-state index in [-0.39, 0.29) is 12.4 Å². The average molecular weight is 287 g/mol. The van der Waals surface area contributed by atoms with Crippen LogP contribution in [0.3, 0.4) is 0 Å². The average Bonchev–Trinajstić information content (AvgIpc) is 2.89. The van der Waals surface area contributed by atoms with Gasteiger partial charge in [-0.25, -0.2) is 0 Å². The first-order valence-electron chi connectivity index (χ1n) is 7.43. The van der Waals surface area contributed by atoms with Crippen LogP contribution < -0.4 is 4.74 Å².